The Hall–Kier alpha value is -1.56. The Balaban J connectivity index is 1.42. The normalized spacial score (nSPS) is 13.8. The minimum Gasteiger partial charge on any atom is -0.350 e. The summed E-state index contributed by atoms with van der Waals surface area (Å²) in [6, 6.07) is 5.34. The van der Waals surface area contributed by atoms with Crippen molar-refractivity contribution in [3.63, 3.8) is 0 Å². The number of rotatable bonds is 4. The smallest absolute Gasteiger partial charge is 0.269 e. The monoisotopic (exact) mass is 393 g/mol. The number of aromatic nitrogens is 2. The number of H-pyrrole nitrogens is 1. The average Bonchev–Trinajstić information content (AvgIpc) is 3.16. The molecule has 1 aliphatic carbocycles. The van der Waals surface area contributed by atoms with E-state index < -0.39 is 0 Å². The van der Waals surface area contributed by atoms with Crippen molar-refractivity contribution in [2.45, 2.75) is 32.1 Å². The molecule has 0 unspecified atom stereocenters. The van der Waals surface area contributed by atoms with Crippen molar-refractivity contribution in [3.8, 4) is 0 Å². The number of thiazole rings is 1. The van der Waals surface area contributed by atoms with Crippen LogP contribution in [-0.2, 0) is 19.3 Å². The van der Waals surface area contributed by atoms with E-state index in [0.29, 0.717) is 22.3 Å². The molecule has 4 nitrogen and oxygen atoms in total. The summed E-state index contributed by atoms with van der Waals surface area (Å²) in [7, 11) is 0. The quantitative estimate of drug-likeness (QED) is 0.669. The Labute approximate surface area is 159 Å². The molecule has 130 valence electrons. The third-order valence-electron chi connectivity index (χ3n) is 4.44. The minimum absolute atomic E-state index is 0.210. The minimum atomic E-state index is -0.210. The Morgan fingerprint density at radius 1 is 1.28 bits per heavy atom. The van der Waals surface area contributed by atoms with E-state index in [9.17, 15) is 4.79 Å². The summed E-state index contributed by atoms with van der Waals surface area (Å²) < 4.78 is 0. The largest absolute Gasteiger partial charge is 0.350 e. The van der Waals surface area contributed by atoms with Gasteiger partial charge in [0.2, 0.25) is 0 Å². The van der Waals surface area contributed by atoms with Crippen LogP contribution in [0, 0.1) is 0 Å². The number of aromatic amines is 1. The Bertz CT molecular complexity index is 924. The molecule has 1 aliphatic rings. The molecule has 0 radical (unpaired) electrons. The van der Waals surface area contributed by atoms with E-state index >= 15 is 0 Å². The molecule has 0 fully saturated rings. The zero-order valence-electron chi connectivity index (χ0n) is 13.5. The molecule has 3 aromatic rings. The zero-order valence-corrected chi connectivity index (χ0v) is 15.8. The van der Waals surface area contributed by atoms with Crippen LogP contribution in [0.3, 0.4) is 0 Å². The van der Waals surface area contributed by atoms with Gasteiger partial charge in [0.05, 0.1) is 15.7 Å². The van der Waals surface area contributed by atoms with Crippen molar-refractivity contribution < 1.29 is 4.79 Å². The maximum Gasteiger partial charge on any atom is 0.269 e. The van der Waals surface area contributed by atoms with Crippen LogP contribution in [0.2, 0.25) is 10.0 Å². The number of fused-ring (bicyclic) bond motifs is 2. The van der Waals surface area contributed by atoms with Gasteiger partial charge in [0.1, 0.15) is 5.69 Å². The lowest BCUT2D eigenvalue weighted by Gasteiger charge is -2.06. The van der Waals surface area contributed by atoms with Crippen LogP contribution in [0.15, 0.2) is 18.2 Å². The molecule has 1 aromatic carbocycles. The van der Waals surface area contributed by atoms with Crippen molar-refractivity contribution in [2.24, 2.45) is 0 Å². The number of nitrogens with one attached hydrogen (secondary N) is 2. The highest BCUT2D eigenvalue weighted by atomic mass is 35.5. The molecule has 0 bridgehead atoms. The highest BCUT2D eigenvalue weighted by molar-refractivity contribution is 7.11. The van der Waals surface area contributed by atoms with E-state index in [4.69, 9.17) is 28.2 Å². The van der Waals surface area contributed by atoms with Gasteiger partial charge in [0, 0.05) is 33.8 Å². The molecule has 2 heterocycles. The van der Waals surface area contributed by atoms with E-state index in [1.165, 1.54) is 23.4 Å². The Kier molecular flexibility index (Phi) is 4.71. The van der Waals surface area contributed by atoms with Crippen LogP contribution >= 0.6 is 34.5 Å². The first-order valence-corrected chi connectivity index (χ1v) is 9.91. The number of hydrogen-bond donors (Lipinski definition) is 2. The molecule has 25 heavy (non-hydrogen) atoms. The molecule has 4 rings (SSSR count). The first kappa shape index (κ1) is 16.9. The molecule has 2 N–H and O–H groups in total. The first-order valence-electron chi connectivity index (χ1n) is 8.34. The maximum absolute atomic E-state index is 12.4. The van der Waals surface area contributed by atoms with Crippen molar-refractivity contribution in [1.82, 2.24) is 15.3 Å². The van der Waals surface area contributed by atoms with Gasteiger partial charge in [-0.15, -0.1) is 11.3 Å². The second-order valence-electron chi connectivity index (χ2n) is 6.19. The predicted octanol–water partition coefficient (Wildman–Crippen LogP) is 4.78. The number of aryl methyl sites for hydroxylation is 2. The van der Waals surface area contributed by atoms with Gasteiger partial charge < -0.3 is 10.3 Å². The lowest BCUT2D eigenvalue weighted by Crippen LogP contribution is -2.26. The van der Waals surface area contributed by atoms with Gasteiger partial charge in [-0.3, -0.25) is 4.79 Å². The standard InChI is InChI=1S/C18H17Cl2N3OS/c19-10-5-6-12-11(9-10)16(20)17(23-12)18(24)21-8-7-15-22-13-3-1-2-4-14(13)25-15/h5-6,9,23H,1-4,7-8H2,(H,21,24). The number of carbonyl (C=O) groups excluding carboxylic acids is 1. The summed E-state index contributed by atoms with van der Waals surface area (Å²) in [4.78, 5) is 21.6. The van der Waals surface area contributed by atoms with E-state index in [2.05, 4.69) is 10.3 Å². The Morgan fingerprint density at radius 2 is 2.12 bits per heavy atom. The van der Waals surface area contributed by atoms with Crippen LogP contribution < -0.4 is 5.32 Å². The molecule has 0 atom stereocenters. The van der Waals surface area contributed by atoms with Crippen molar-refractivity contribution >= 4 is 51.3 Å². The number of benzene rings is 1. The van der Waals surface area contributed by atoms with E-state index in [0.717, 1.165) is 35.2 Å². The first-order chi connectivity index (χ1) is 12.1. The van der Waals surface area contributed by atoms with Crippen LogP contribution in [0.25, 0.3) is 10.9 Å². The summed E-state index contributed by atoms with van der Waals surface area (Å²) in [6.07, 6.45) is 5.47. The van der Waals surface area contributed by atoms with Gasteiger partial charge in [-0.1, -0.05) is 23.2 Å². The summed E-state index contributed by atoms with van der Waals surface area (Å²) >= 11 is 14.1. The maximum atomic E-state index is 12.4. The number of carbonyl (C=O) groups is 1. The van der Waals surface area contributed by atoms with Gasteiger partial charge in [0.25, 0.3) is 5.91 Å². The molecule has 0 saturated heterocycles. The summed E-state index contributed by atoms with van der Waals surface area (Å²) in [5.74, 6) is -0.210. The van der Waals surface area contributed by atoms with Gasteiger partial charge >= 0.3 is 0 Å². The van der Waals surface area contributed by atoms with Gasteiger partial charge in [-0.05, 0) is 43.9 Å². The molecule has 0 saturated carbocycles. The molecular formula is C18H17Cl2N3OS. The second kappa shape index (κ2) is 6.98. The van der Waals surface area contributed by atoms with Crippen molar-refractivity contribution in [1.29, 1.82) is 0 Å². The fourth-order valence-corrected chi connectivity index (χ4v) is 4.79. The molecular weight excluding hydrogens is 377 g/mol. The van der Waals surface area contributed by atoms with Gasteiger partial charge in [0.15, 0.2) is 0 Å². The summed E-state index contributed by atoms with van der Waals surface area (Å²) in [5.41, 5.74) is 2.43. The topological polar surface area (TPSA) is 57.8 Å². The molecule has 0 spiro atoms. The number of nitrogens with zero attached hydrogens (tertiary/aromatic N) is 1. The SMILES string of the molecule is O=C(NCCc1nc2c(s1)CCCC2)c1[nH]c2ccc(Cl)cc2c1Cl. The third kappa shape index (κ3) is 3.41. The second-order valence-corrected chi connectivity index (χ2v) is 8.18. The molecule has 2 aromatic heterocycles. The predicted molar refractivity (Wildman–Crippen MR) is 103 cm³/mol. The number of amides is 1. The van der Waals surface area contributed by atoms with Gasteiger partial charge in [-0.2, -0.15) is 0 Å². The van der Waals surface area contributed by atoms with E-state index in [1.807, 2.05) is 6.07 Å². The van der Waals surface area contributed by atoms with Crippen LogP contribution in [0.1, 0.15) is 38.9 Å². The van der Waals surface area contributed by atoms with E-state index in [1.54, 1.807) is 23.5 Å². The van der Waals surface area contributed by atoms with E-state index in [-0.39, 0.29) is 5.91 Å². The lowest BCUT2D eigenvalue weighted by molar-refractivity contribution is 0.0950. The molecule has 1 amide bonds. The van der Waals surface area contributed by atoms with Crippen LogP contribution in [0.4, 0.5) is 0 Å². The van der Waals surface area contributed by atoms with Gasteiger partial charge in [-0.25, -0.2) is 4.98 Å². The summed E-state index contributed by atoms with van der Waals surface area (Å²) in [6.45, 7) is 0.539. The lowest BCUT2D eigenvalue weighted by atomic mass is 10.0. The zero-order chi connectivity index (χ0) is 17.4. The molecule has 7 heteroatoms. The van der Waals surface area contributed by atoms with Crippen LogP contribution in [0.5, 0.6) is 0 Å². The third-order valence-corrected chi connectivity index (χ3v) is 6.28. The highest BCUT2D eigenvalue weighted by Crippen LogP contribution is 2.30. The average molecular weight is 394 g/mol. The molecule has 0 aliphatic heterocycles. The van der Waals surface area contributed by atoms with Crippen molar-refractivity contribution in [2.75, 3.05) is 6.54 Å². The van der Waals surface area contributed by atoms with Crippen LogP contribution in [-0.4, -0.2) is 22.4 Å². The fraction of sp³-hybridized carbons (Fsp3) is 0.333. The number of hydrogen-bond acceptors (Lipinski definition) is 3. The number of halogens is 2. The van der Waals surface area contributed by atoms with Crippen molar-refractivity contribution in [3.05, 3.63) is 49.5 Å². The highest BCUT2D eigenvalue weighted by Gasteiger charge is 2.18. The fourth-order valence-electron chi connectivity index (χ4n) is 3.17. The summed E-state index contributed by atoms with van der Waals surface area (Å²) in [5, 5.41) is 5.77. The Morgan fingerprint density at radius 3 is 2.96 bits per heavy atom.